The Morgan fingerprint density at radius 1 is 1.16 bits per heavy atom. The van der Waals surface area contributed by atoms with Gasteiger partial charge in [-0.25, -0.2) is 9.37 Å². The Balaban J connectivity index is 1.35. The number of nitrogens with zero attached hydrogens (tertiary/aromatic N) is 2. The number of aromatic nitrogens is 2. The third kappa shape index (κ3) is 4.91. The van der Waals surface area contributed by atoms with Crippen molar-refractivity contribution in [1.82, 2.24) is 14.9 Å². The molecule has 0 fully saturated rings. The molecule has 0 amide bonds. The predicted octanol–water partition coefficient (Wildman–Crippen LogP) is 6.69. The minimum Gasteiger partial charge on any atom is -0.342 e. The van der Waals surface area contributed by atoms with Crippen molar-refractivity contribution >= 4 is 11.0 Å². The lowest BCUT2D eigenvalue weighted by molar-refractivity contribution is 0.228. The van der Waals surface area contributed by atoms with Crippen LogP contribution < -0.4 is 0 Å². The molecule has 1 aliphatic rings. The Morgan fingerprint density at radius 2 is 1.94 bits per heavy atom. The summed E-state index contributed by atoms with van der Waals surface area (Å²) in [7, 11) is 2.24. The van der Waals surface area contributed by atoms with E-state index in [-0.39, 0.29) is 11.2 Å². The Morgan fingerprint density at radius 3 is 2.69 bits per heavy atom. The maximum atomic E-state index is 13.7. The van der Waals surface area contributed by atoms with Crippen LogP contribution in [0.5, 0.6) is 0 Å². The monoisotopic (exact) mass is 435 g/mol. The van der Waals surface area contributed by atoms with Gasteiger partial charge < -0.3 is 9.88 Å². The van der Waals surface area contributed by atoms with Crippen molar-refractivity contribution in [3.05, 3.63) is 65.2 Å². The van der Waals surface area contributed by atoms with E-state index in [9.17, 15) is 4.39 Å². The third-order valence-corrected chi connectivity index (χ3v) is 7.51. The summed E-state index contributed by atoms with van der Waals surface area (Å²) < 4.78 is 13.7. The van der Waals surface area contributed by atoms with Crippen molar-refractivity contribution in [3.8, 4) is 0 Å². The quantitative estimate of drug-likeness (QED) is 0.427. The van der Waals surface area contributed by atoms with Crippen molar-refractivity contribution in [2.45, 2.75) is 64.7 Å². The standard InChI is InChI=1S/C28H38FN3/c1-19(2)26-20(10-11-21-18-22(29)12-13-23(21)26)14-16-32(5)17-15-28(3,4)27-30-24-8-6-7-9-25(24)31-27/h6-9,12-13,18-20,26H,10-11,14-17H2,1-5H3,(H,30,31). The van der Waals surface area contributed by atoms with E-state index in [1.165, 1.54) is 17.5 Å². The largest absolute Gasteiger partial charge is 0.342 e. The van der Waals surface area contributed by atoms with E-state index in [1.54, 1.807) is 12.1 Å². The molecule has 32 heavy (non-hydrogen) atoms. The number of rotatable bonds is 8. The summed E-state index contributed by atoms with van der Waals surface area (Å²) in [4.78, 5) is 10.8. The number of hydrogen-bond donors (Lipinski definition) is 1. The van der Waals surface area contributed by atoms with Crippen LogP contribution in [0.1, 0.15) is 69.8 Å². The van der Waals surface area contributed by atoms with Crippen molar-refractivity contribution in [2.24, 2.45) is 11.8 Å². The smallest absolute Gasteiger partial charge is 0.123 e. The van der Waals surface area contributed by atoms with Gasteiger partial charge in [0.05, 0.1) is 11.0 Å². The molecule has 0 saturated heterocycles. The molecule has 1 aromatic heterocycles. The van der Waals surface area contributed by atoms with Gasteiger partial charge in [0.2, 0.25) is 0 Å². The van der Waals surface area contributed by atoms with Crippen LogP contribution in [0.4, 0.5) is 4.39 Å². The molecule has 0 radical (unpaired) electrons. The first-order valence-corrected chi connectivity index (χ1v) is 12.2. The summed E-state index contributed by atoms with van der Waals surface area (Å²) in [6, 6.07) is 13.7. The van der Waals surface area contributed by atoms with Crippen LogP contribution >= 0.6 is 0 Å². The summed E-state index contributed by atoms with van der Waals surface area (Å²) in [5.41, 5.74) is 4.76. The maximum Gasteiger partial charge on any atom is 0.123 e. The van der Waals surface area contributed by atoms with E-state index in [4.69, 9.17) is 4.98 Å². The molecule has 172 valence electrons. The lowest BCUT2D eigenvalue weighted by Gasteiger charge is -2.37. The van der Waals surface area contributed by atoms with Gasteiger partial charge in [0.15, 0.2) is 0 Å². The first-order chi connectivity index (χ1) is 15.2. The minimum atomic E-state index is -0.100. The van der Waals surface area contributed by atoms with E-state index in [0.717, 1.165) is 49.2 Å². The number of H-pyrrole nitrogens is 1. The van der Waals surface area contributed by atoms with Gasteiger partial charge in [-0.2, -0.15) is 0 Å². The van der Waals surface area contributed by atoms with Crippen LogP contribution in [-0.4, -0.2) is 35.0 Å². The number of imidazole rings is 1. The number of benzene rings is 2. The first kappa shape index (κ1) is 23.0. The van der Waals surface area contributed by atoms with Crippen LogP contribution in [0.25, 0.3) is 11.0 Å². The SMILES string of the molecule is CC(C)C1c2ccc(F)cc2CCC1CCN(C)CCC(C)(C)c1nc2ccccc2[nH]1. The summed E-state index contributed by atoms with van der Waals surface area (Å²) in [6.45, 7) is 11.3. The molecular weight excluding hydrogens is 397 g/mol. The Hall–Kier alpha value is -2.20. The van der Waals surface area contributed by atoms with Gasteiger partial charge >= 0.3 is 0 Å². The lowest BCUT2D eigenvalue weighted by atomic mass is 9.69. The average Bonchev–Trinajstić information content (AvgIpc) is 3.21. The minimum absolute atomic E-state index is 0.00159. The molecule has 2 aromatic carbocycles. The number of fused-ring (bicyclic) bond motifs is 2. The van der Waals surface area contributed by atoms with Gasteiger partial charge in [-0.15, -0.1) is 0 Å². The molecule has 1 aliphatic carbocycles. The van der Waals surface area contributed by atoms with Crippen LogP contribution in [-0.2, 0) is 11.8 Å². The van der Waals surface area contributed by atoms with E-state index in [0.29, 0.717) is 17.8 Å². The van der Waals surface area contributed by atoms with Crippen molar-refractivity contribution in [1.29, 1.82) is 0 Å². The summed E-state index contributed by atoms with van der Waals surface area (Å²) in [5.74, 6) is 2.74. The Labute approximate surface area is 192 Å². The molecule has 0 spiro atoms. The highest BCUT2D eigenvalue weighted by Gasteiger charge is 2.32. The molecule has 1 heterocycles. The molecule has 4 rings (SSSR count). The number of hydrogen-bond acceptors (Lipinski definition) is 2. The van der Waals surface area contributed by atoms with Crippen LogP contribution in [0.2, 0.25) is 0 Å². The third-order valence-electron chi connectivity index (χ3n) is 7.51. The molecule has 0 bridgehead atoms. The fourth-order valence-corrected chi connectivity index (χ4v) is 5.48. The lowest BCUT2D eigenvalue weighted by Crippen LogP contribution is -2.32. The van der Waals surface area contributed by atoms with E-state index >= 15 is 0 Å². The molecule has 3 nitrogen and oxygen atoms in total. The number of para-hydroxylation sites is 2. The molecule has 3 aromatic rings. The second-order valence-electron chi connectivity index (χ2n) is 10.7. The van der Waals surface area contributed by atoms with Gasteiger partial charge in [0.25, 0.3) is 0 Å². The zero-order chi connectivity index (χ0) is 22.9. The molecular formula is C28H38FN3. The normalized spacial score (nSPS) is 19.1. The van der Waals surface area contributed by atoms with Crippen molar-refractivity contribution in [2.75, 3.05) is 20.1 Å². The van der Waals surface area contributed by atoms with Crippen molar-refractivity contribution in [3.63, 3.8) is 0 Å². The first-order valence-electron chi connectivity index (χ1n) is 12.2. The zero-order valence-corrected chi connectivity index (χ0v) is 20.3. The van der Waals surface area contributed by atoms with Gasteiger partial charge in [0.1, 0.15) is 11.6 Å². The highest BCUT2D eigenvalue weighted by molar-refractivity contribution is 5.74. The van der Waals surface area contributed by atoms with Crippen molar-refractivity contribution < 1.29 is 4.39 Å². The van der Waals surface area contributed by atoms with Gasteiger partial charge in [-0.05, 0) is 99.0 Å². The molecule has 0 saturated carbocycles. The average molecular weight is 436 g/mol. The fourth-order valence-electron chi connectivity index (χ4n) is 5.48. The second-order valence-corrected chi connectivity index (χ2v) is 10.7. The van der Waals surface area contributed by atoms with Gasteiger partial charge in [-0.1, -0.05) is 45.9 Å². The van der Waals surface area contributed by atoms with Crippen LogP contribution in [0.15, 0.2) is 42.5 Å². The summed E-state index contributed by atoms with van der Waals surface area (Å²) in [5, 5.41) is 0. The number of aryl methyl sites for hydroxylation is 1. The van der Waals surface area contributed by atoms with E-state index in [2.05, 4.69) is 62.8 Å². The van der Waals surface area contributed by atoms with Crippen LogP contribution in [0.3, 0.4) is 0 Å². The Bertz CT molecular complexity index is 1020. The maximum absolute atomic E-state index is 13.7. The van der Waals surface area contributed by atoms with Crippen LogP contribution in [0, 0.1) is 17.7 Å². The second kappa shape index (κ2) is 9.35. The predicted molar refractivity (Wildman–Crippen MR) is 132 cm³/mol. The van der Waals surface area contributed by atoms with E-state index in [1.807, 2.05) is 12.1 Å². The number of aromatic amines is 1. The van der Waals surface area contributed by atoms with E-state index < -0.39 is 0 Å². The molecule has 4 heteroatoms. The molecule has 0 aliphatic heterocycles. The Kier molecular flexibility index (Phi) is 6.71. The highest BCUT2D eigenvalue weighted by atomic mass is 19.1. The molecule has 1 N–H and O–H groups in total. The van der Waals surface area contributed by atoms with Gasteiger partial charge in [0, 0.05) is 5.41 Å². The topological polar surface area (TPSA) is 31.9 Å². The highest BCUT2D eigenvalue weighted by Crippen LogP contribution is 2.42. The number of halogens is 1. The molecule has 2 atom stereocenters. The van der Waals surface area contributed by atoms with Gasteiger partial charge in [-0.3, -0.25) is 0 Å². The fraction of sp³-hybridized carbons (Fsp3) is 0.536. The summed E-state index contributed by atoms with van der Waals surface area (Å²) >= 11 is 0. The molecule has 2 unspecified atom stereocenters. The summed E-state index contributed by atoms with van der Waals surface area (Å²) in [6.07, 6.45) is 4.42. The number of nitrogens with one attached hydrogen (secondary N) is 1. The zero-order valence-electron chi connectivity index (χ0n) is 20.3.